The lowest BCUT2D eigenvalue weighted by Gasteiger charge is -2.38. The molecule has 0 bridgehead atoms. The summed E-state index contributed by atoms with van der Waals surface area (Å²) >= 11 is 1.44. The molecular weight excluding hydrogens is 415 g/mol. The molecule has 160 valence electrons. The van der Waals surface area contributed by atoms with Crippen LogP contribution in [0.5, 0.6) is 0 Å². The lowest BCUT2D eigenvalue weighted by molar-refractivity contribution is 0.0487. The topological polar surface area (TPSA) is 67.4 Å². The Morgan fingerprint density at radius 3 is 2.45 bits per heavy atom. The maximum atomic E-state index is 13.4. The lowest BCUT2D eigenvalue weighted by atomic mass is 9.74. The van der Waals surface area contributed by atoms with Crippen molar-refractivity contribution in [2.45, 2.75) is 18.3 Å². The van der Waals surface area contributed by atoms with Crippen LogP contribution in [-0.4, -0.2) is 31.6 Å². The summed E-state index contributed by atoms with van der Waals surface area (Å²) < 4.78 is 19.0. The summed E-state index contributed by atoms with van der Waals surface area (Å²) in [6.45, 7) is 1.56. The molecule has 0 unspecified atom stereocenters. The maximum absolute atomic E-state index is 13.4. The number of hydrogen-bond donors (Lipinski definition) is 2. The smallest absolute Gasteiger partial charge is 0.256 e. The number of carbonyl (C=O) groups is 2. The van der Waals surface area contributed by atoms with E-state index in [2.05, 4.69) is 10.6 Å². The van der Waals surface area contributed by atoms with Gasteiger partial charge in [-0.05, 0) is 54.1 Å². The fourth-order valence-corrected chi connectivity index (χ4v) is 4.49. The second-order valence-electron chi connectivity index (χ2n) is 7.59. The summed E-state index contributed by atoms with van der Waals surface area (Å²) in [6.07, 6.45) is 1.46. The summed E-state index contributed by atoms with van der Waals surface area (Å²) in [6, 6.07) is 15.1. The molecule has 1 fully saturated rings. The number of nitrogens with one attached hydrogen (secondary N) is 2. The van der Waals surface area contributed by atoms with Gasteiger partial charge in [-0.15, -0.1) is 0 Å². The summed E-state index contributed by atoms with van der Waals surface area (Å²) in [5.74, 6) is -0.812. The third-order valence-corrected chi connectivity index (χ3v) is 6.38. The Morgan fingerprint density at radius 2 is 1.74 bits per heavy atom. The molecule has 1 aliphatic rings. The first kappa shape index (κ1) is 21.2. The van der Waals surface area contributed by atoms with E-state index < -0.39 is 0 Å². The zero-order valence-electron chi connectivity index (χ0n) is 16.9. The quantitative estimate of drug-likeness (QED) is 0.590. The summed E-state index contributed by atoms with van der Waals surface area (Å²) in [4.78, 5) is 25.5. The Hall–Kier alpha value is -3.03. The maximum Gasteiger partial charge on any atom is 0.256 e. The van der Waals surface area contributed by atoms with Crippen molar-refractivity contribution in [2.24, 2.45) is 0 Å². The SMILES string of the molecule is O=C(Nc1ccccc1C(=O)NCC1(c2ccc(F)cc2)CCOCC1)c1ccsc1. The number of halogens is 1. The molecule has 0 saturated carbocycles. The number of hydrogen-bond acceptors (Lipinski definition) is 4. The molecule has 1 aromatic heterocycles. The van der Waals surface area contributed by atoms with E-state index in [4.69, 9.17) is 4.74 Å². The van der Waals surface area contributed by atoms with Gasteiger partial charge in [-0.3, -0.25) is 9.59 Å². The number of carbonyl (C=O) groups excluding carboxylic acids is 2. The van der Waals surface area contributed by atoms with Crippen molar-refractivity contribution in [1.29, 1.82) is 0 Å². The van der Waals surface area contributed by atoms with Crippen molar-refractivity contribution in [2.75, 3.05) is 25.1 Å². The van der Waals surface area contributed by atoms with E-state index in [1.54, 1.807) is 47.8 Å². The predicted molar refractivity (Wildman–Crippen MR) is 119 cm³/mol. The average molecular weight is 439 g/mol. The molecule has 0 aliphatic carbocycles. The molecule has 0 spiro atoms. The highest BCUT2D eigenvalue weighted by atomic mass is 32.1. The summed E-state index contributed by atoms with van der Waals surface area (Å²) in [5, 5.41) is 9.45. The Kier molecular flexibility index (Phi) is 6.44. The average Bonchev–Trinajstić information content (AvgIpc) is 3.34. The summed E-state index contributed by atoms with van der Waals surface area (Å²) in [5.41, 5.74) is 2.07. The van der Waals surface area contributed by atoms with Gasteiger partial charge in [-0.1, -0.05) is 24.3 Å². The normalized spacial score (nSPS) is 15.3. The Morgan fingerprint density at radius 1 is 1.00 bits per heavy atom. The van der Waals surface area contributed by atoms with E-state index in [9.17, 15) is 14.0 Å². The molecule has 0 radical (unpaired) electrons. The van der Waals surface area contributed by atoms with Crippen molar-refractivity contribution < 1.29 is 18.7 Å². The highest BCUT2D eigenvalue weighted by Gasteiger charge is 2.35. The number of ether oxygens (including phenoxy) is 1. The van der Waals surface area contributed by atoms with E-state index >= 15 is 0 Å². The number of thiophene rings is 1. The Bertz CT molecular complexity index is 1040. The number of anilines is 1. The second-order valence-corrected chi connectivity index (χ2v) is 8.37. The lowest BCUT2D eigenvalue weighted by Crippen LogP contribution is -2.44. The monoisotopic (exact) mass is 438 g/mol. The van der Waals surface area contributed by atoms with Crippen molar-refractivity contribution in [1.82, 2.24) is 5.32 Å². The zero-order valence-corrected chi connectivity index (χ0v) is 17.7. The van der Waals surface area contributed by atoms with Gasteiger partial charge in [-0.25, -0.2) is 4.39 Å². The predicted octanol–water partition coefficient (Wildman–Crippen LogP) is 4.62. The van der Waals surface area contributed by atoms with Crippen LogP contribution < -0.4 is 10.6 Å². The van der Waals surface area contributed by atoms with Crippen LogP contribution in [0.25, 0.3) is 0 Å². The van der Waals surface area contributed by atoms with Crippen LogP contribution in [0.4, 0.5) is 10.1 Å². The van der Waals surface area contributed by atoms with Gasteiger partial charge in [0.2, 0.25) is 0 Å². The van der Waals surface area contributed by atoms with Gasteiger partial charge in [0.15, 0.2) is 0 Å². The van der Waals surface area contributed by atoms with Crippen LogP contribution in [0.1, 0.15) is 39.1 Å². The first-order chi connectivity index (χ1) is 15.1. The molecular formula is C24H23FN2O3S. The molecule has 1 saturated heterocycles. The standard InChI is InChI=1S/C24H23FN2O3S/c25-19-7-5-18(6-8-19)24(10-12-30-13-11-24)16-26-23(29)20-3-1-2-4-21(20)27-22(28)17-9-14-31-15-17/h1-9,14-15H,10-13,16H2,(H,26,29)(H,27,28). The van der Waals surface area contributed by atoms with E-state index in [0.29, 0.717) is 36.6 Å². The number of para-hydroxylation sites is 1. The Labute approximate surface area is 184 Å². The molecule has 4 rings (SSSR count). The van der Waals surface area contributed by atoms with E-state index in [1.807, 2.05) is 5.38 Å². The Balaban J connectivity index is 1.51. The van der Waals surface area contributed by atoms with E-state index in [1.165, 1.54) is 23.5 Å². The number of rotatable bonds is 6. The van der Waals surface area contributed by atoms with Crippen molar-refractivity contribution in [3.63, 3.8) is 0 Å². The van der Waals surface area contributed by atoms with Crippen LogP contribution in [0.2, 0.25) is 0 Å². The van der Waals surface area contributed by atoms with Crippen LogP contribution in [0.15, 0.2) is 65.4 Å². The molecule has 1 aliphatic heterocycles. The first-order valence-electron chi connectivity index (χ1n) is 10.1. The zero-order chi connectivity index (χ0) is 21.7. The first-order valence-corrected chi connectivity index (χ1v) is 11.1. The third-order valence-electron chi connectivity index (χ3n) is 5.70. The van der Waals surface area contributed by atoms with Crippen molar-refractivity contribution in [3.05, 3.63) is 87.9 Å². The fourth-order valence-electron chi connectivity index (χ4n) is 3.86. The minimum absolute atomic E-state index is 0.256. The van der Waals surface area contributed by atoms with Gasteiger partial charge < -0.3 is 15.4 Å². The van der Waals surface area contributed by atoms with Crippen LogP contribution in [0, 0.1) is 5.82 Å². The molecule has 2 N–H and O–H groups in total. The molecule has 2 heterocycles. The number of benzene rings is 2. The molecule has 5 nitrogen and oxygen atoms in total. The largest absolute Gasteiger partial charge is 0.381 e. The van der Waals surface area contributed by atoms with Crippen LogP contribution in [-0.2, 0) is 10.2 Å². The van der Waals surface area contributed by atoms with E-state index in [-0.39, 0.29) is 23.0 Å². The van der Waals surface area contributed by atoms with Crippen LogP contribution >= 0.6 is 11.3 Å². The highest BCUT2D eigenvalue weighted by molar-refractivity contribution is 7.08. The highest BCUT2D eigenvalue weighted by Crippen LogP contribution is 2.34. The molecule has 0 atom stereocenters. The molecule has 31 heavy (non-hydrogen) atoms. The second kappa shape index (κ2) is 9.41. The van der Waals surface area contributed by atoms with E-state index in [0.717, 1.165) is 18.4 Å². The van der Waals surface area contributed by atoms with Crippen molar-refractivity contribution in [3.8, 4) is 0 Å². The summed E-state index contributed by atoms with van der Waals surface area (Å²) in [7, 11) is 0. The molecule has 2 aromatic carbocycles. The van der Waals surface area contributed by atoms with Gasteiger partial charge in [-0.2, -0.15) is 11.3 Å². The van der Waals surface area contributed by atoms with Crippen molar-refractivity contribution >= 4 is 28.8 Å². The van der Waals surface area contributed by atoms with Crippen LogP contribution in [0.3, 0.4) is 0 Å². The number of amides is 2. The molecule has 2 amide bonds. The fraction of sp³-hybridized carbons (Fsp3) is 0.250. The molecule has 7 heteroatoms. The van der Waals surface area contributed by atoms with Gasteiger partial charge in [0.25, 0.3) is 11.8 Å². The molecule has 3 aromatic rings. The van der Waals surface area contributed by atoms with Gasteiger partial charge in [0.1, 0.15) is 5.82 Å². The van der Waals surface area contributed by atoms with Gasteiger partial charge >= 0.3 is 0 Å². The minimum atomic E-state index is -0.323. The third kappa shape index (κ3) is 4.84. The van der Waals surface area contributed by atoms with Gasteiger partial charge in [0.05, 0.1) is 16.8 Å². The van der Waals surface area contributed by atoms with Gasteiger partial charge in [0, 0.05) is 30.6 Å². The minimum Gasteiger partial charge on any atom is -0.381 e.